The number of hydrogen-bond acceptors (Lipinski definition) is 3. The average Bonchev–Trinajstić information content (AvgIpc) is 3.00. The number of carboxylic acid groups (broad SMARTS) is 1. The number of benzene rings is 1. The van der Waals surface area contributed by atoms with Gasteiger partial charge in [-0.3, -0.25) is 4.68 Å². The molecule has 0 bridgehead atoms. The number of aromatic nitrogens is 3. The van der Waals surface area contributed by atoms with Crippen molar-refractivity contribution >= 4 is 16.9 Å². The predicted molar refractivity (Wildman–Crippen MR) is 74.0 cm³/mol. The van der Waals surface area contributed by atoms with Gasteiger partial charge in [0.2, 0.25) is 0 Å². The van der Waals surface area contributed by atoms with Gasteiger partial charge in [-0.05, 0) is 18.2 Å². The normalized spacial score (nSPS) is 10.9. The van der Waals surface area contributed by atoms with Crippen LogP contribution in [0.4, 0.5) is 0 Å². The second-order valence-corrected chi connectivity index (χ2v) is 4.44. The third-order valence-electron chi connectivity index (χ3n) is 3.27. The van der Waals surface area contributed by atoms with Gasteiger partial charge < -0.3 is 14.8 Å². The van der Waals surface area contributed by atoms with Crippen LogP contribution in [0.5, 0.6) is 5.75 Å². The number of hydrogen-bond donors (Lipinski definition) is 2. The quantitative estimate of drug-likeness (QED) is 0.765. The maximum absolute atomic E-state index is 11.3. The summed E-state index contributed by atoms with van der Waals surface area (Å²) in [5, 5.41) is 14.1. The first-order valence-corrected chi connectivity index (χ1v) is 6.03. The highest BCUT2D eigenvalue weighted by molar-refractivity contribution is 5.97. The molecule has 0 spiro atoms. The second-order valence-electron chi connectivity index (χ2n) is 4.44. The maximum atomic E-state index is 11.3. The van der Waals surface area contributed by atoms with Crippen LogP contribution in [0, 0.1) is 0 Å². The van der Waals surface area contributed by atoms with E-state index in [0.29, 0.717) is 11.4 Å². The molecule has 0 aliphatic rings. The number of rotatable bonds is 3. The van der Waals surface area contributed by atoms with Gasteiger partial charge in [-0.1, -0.05) is 6.07 Å². The van der Waals surface area contributed by atoms with Gasteiger partial charge in [0.05, 0.1) is 24.7 Å². The van der Waals surface area contributed by atoms with E-state index in [0.717, 1.165) is 16.7 Å². The monoisotopic (exact) mass is 271 g/mol. The van der Waals surface area contributed by atoms with Crippen LogP contribution >= 0.6 is 0 Å². The predicted octanol–water partition coefficient (Wildman–Crippen LogP) is 2.28. The van der Waals surface area contributed by atoms with E-state index in [4.69, 9.17) is 4.74 Å². The highest BCUT2D eigenvalue weighted by atomic mass is 16.5. The van der Waals surface area contributed by atoms with Crippen molar-refractivity contribution in [3.05, 3.63) is 36.0 Å². The molecule has 3 aromatic rings. The van der Waals surface area contributed by atoms with Crippen LogP contribution in [0.1, 0.15) is 10.4 Å². The summed E-state index contributed by atoms with van der Waals surface area (Å²) in [6.07, 6.45) is 1.35. The Morgan fingerprint density at radius 2 is 2.25 bits per heavy atom. The van der Waals surface area contributed by atoms with E-state index in [2.05, 4.69) is 10.1 Å². The third kappa shape index (κ3) is 1.73. The van der Waals surface area contributed by atoms with Crippen molar-refractivity contribution in [1.29, 1.82) is 0 Å². The molecule has 1 aromatic carbocycles. The first-order valence-electron chi connectivity index (χ1n) is 6.03. The number of aromatic carboxylic acids is 1. The van der Waals surface area contributed by atoms with Gasteiger partial charge in [0.15, 0.2) is 0 Å². The van der Waals surface area contributed by atoms with E-state index >= 15 is 0 Å². The number of nitrogens with one attached hydrogen (secondary N) is 1. The lowest BCUT2D eigenvalue weighted by molar-refractivity contribution is 0.0697. The fraction of sp³-hybridized carbons (Fsp3) is 0.143. The summed E-state index contributed by atoms with van der Waals surface area (Å²) in [5.41, 5.74) is 2.28. The molecule has 0 radical (unpaired) electrons. The van der Waals surface area contributed by atoms with E-state index in [1.54, 1.807) is 18.8 Å². The van der Waals surface area contributed by atoms with E-state index in [1.165, 1.54) is 6.20 Å². The minimum absolute atomic E-state index is 0.165. The van der Waals surface area contributed by atoms with Crippen LogP contribution in [0.25, 0.3) is 22.3 Å². The lowest BCUT2D eigenvalue weighted by Gasteiger charge is -2.00. The lowest BCUT2D eigenvalue weighted by atomic mass is 10.2. The Bertz CT molecular complexity index is 801. The number of nitrogens with zero attached hydrogens (tertiary/aromatic N) is 2. The Morgan fingerprint density at radius 3 is 2.95 bits per heavy atom. The number of H-pyrrole nitrogens is 1. The van der Waals surface area contributed by atoms with Crippen molar-refractivity contribution in [1.82, 2.24) is 14.8 Å². The van der Waals surface area contributed by atoms with Crippen LogP contribution in [0.15, 0.2) is 30.5 Å². The van der Waals surface area contributed by atoms with Gasteiger partial charge in [-0.25, -0.2) is 4.79 Å². The van der Waals surface area contributed by atoms with Gasteiger partial charge in [0, 0.05) is 18.0 Å². The maximum Gasteiger partial charge on any atom is 0.339 e. The molecule has 2 aromatic heterocycles. The number of ether oxygens (including phenoxy) is 1. The number of fused-ring (bicyclic) bond motifs is 1. The van der Waals surface area contributed by atoms with Crippen LogP contribution < -0.4 is 4.74 Å². The molecule has 0 fully saturated rings. The van der Waals surface area contributed by atoms with Gasteiger partial charge in [0.25, 0.3) is 0 Å². The molecule has 0 aliphatic carbocycles. The van der Waals surface area contributed by atoms with Crippen LogP contribution in [0.2, 0.25) is 0 Å². The Balaban J connectivity index is 2.26. The summed E-state index contributed by atoms with van der Waals surface area (Å²) in [6, 6.07) is 7.53. The summed E-state index contributed by atoms with van der Waals surface area (Å²) in [4.78, 5) is 14.5. The van der Waals surface area contributed by atoms with E-state index in [9.17, 15) is 9.90 Å². The molecule has 0 unspecified atom stereocenters. The Kier molecular flexibility index (Phi) is 2.71. The van der Waals surface area contributed by atoms with Crippen molar-refractivity contribution in [3.63, 3.8) is 0 Å². The Hall–Kier alpha value is -2.76. The molecule has 0 atom stereocenters. The van der Waals surface area contributed by atoms with Crippen LogP contribution in [-0.2, 0) is 7.05 Å². The van der Waals surface area contributed by atoms with Crippen molar-refractivity contribution in [2.24, 2.45) is 7.05 Å². The zero-order valence-corrected chi connectivity index (χ0v) is 11.0. The molecular weight excluding hydrogens is 258 g/mol. The molecule has 102 valence electrons. The van der Waals surface area contributed by atoms with Crippen LogP contribution in [0.3, 0.4) is 0 Å². The molecule has 6 nitrogen and oxygen atoms in total. The molecular formula is C14H13N3O3. The number of methoxy groups -OCH3 is 1. The molecule has 3 rings (SSSR count). The highest BCUT2D eigenvalue weighted by Gasteiger charge is 2.19. The lowest BCUT2D eigenvalue weighted by Crippen LogP contribution is -2.00. The van der Waals surface area contributed by atoms with E-state index in [1.807, 2.05) is 24.3 Å². The molecule has 2 N–H and O–H groups in total. The van der Waals surface area contributed by atoms with Gasteiger partial charge in [0.1, 0.15) is 11.3 Å². The molecule has 0 amide bonds. The molecule has 0 saturated carbocycles. The first-order chi connectivity index (χ1) is 9.61. The molecule has 0 aliphatic heterocycles. The number of carbonyl (C=O) groups is 1. The number of aryl methyl sites for hydroxylation is 1. The molecule has 20 heavy (non-hydrogen) atoms. The Labute approximate surface area is 114 Å². The zero-order chi connectivity index (χ0) is 14.3. The summed E-state index contributed by atoms with van der Waals surface area (Å²) in [5.74, 6) is -0.261. The minimum atomic E-state index is -1.00. The molecule has 6 heteroatoms. The van der Waals surface area contributed by atoms with Gasteiger partial charge >= 0.3 is 5.97 Å². The fourth-order valence-electron chi connectivity index (χ4n) is 2.35. The van der Waals surface area contributed by atoms with Gasteiger partial charge in [-0.2, -0.15) is 5.10 Å². The Morgan fingerprint density at radius 1 is 1.45 bits per heavy atom. The smallest absolute Gasteiger partial charge is 0.339 e. The summed E-state index contributed by atoms with van der Waals surface area (Å²) in [6.45, 7) is 0. The van der Waals surface area contributed by atoms with E-state index < -0.39 is 5.97 Å². The number of carboxylic acids is 1. The SMILES string of the molecule is COc1cccc2[nH]c(-c3c(C(=O)O)cnn3C)cc12. The van der Waals surface area contributed by atoms with Crippen molar-refractivity contribution in [3.8, 4) is 17.1 Å². The van der Waals surface area contributed by atoms with Crippen molar-refractivity contribution in [2.75, 3.05) is 7.11 Å². The second kappa shape index (κ2) is 4.41. The summed E-state index contributed by atoms with van der Waals surface area (Å²) >= 11 is 0. The minimum Gasteiger partial charge on any atom is -0.496 e. The third-order valence-corrected chi connectivity index (χ3v) is 3.27. The first kappa shape index (κ1) is 12.3. The standard InChI is InChI=1S/C14H13N3O3/c1-17-13(9(7-15-17)14(18)19)11-6-8-10(16-11)4-3-5-12(8)20-2/h3-7,16H,1-2H3,(H,18,19). The van der Waals surface area contributed by atoms with Crippen molar-refractivity contribution < 1.29 is 14.6 Å². The van der Waals surface area contributed by atoms with E-state index in [-0.39, 0.29) is 5.56 Å². The molecule has 0 saturated heterocycles. The molecule has 2 heterocycles. The largest absolute Gasteiger partial charge is 0.496 e. The highest BCUT2D eigenvalue weighted by Crippen LogP contribution is 2.31. The fourth-order valence-corrected chi connectivity index (χ4v) is 2.35. The topological polar surface area (TPSA) is 80.1 Å². The summed E-state index contributed by atoms with van der Waals surface area (Å²) in [7, 11) is 3.32. The number of aromatic amines is 1. The average molecular weight is 271 g/mol. The van der Waals surface area contributed by atoms with Crippen LogP contribution in [-0.4, -0.2) is 33.0 Å². The summed E-state index contributed by atoms with van der Waals surface area (Å²) < 4.78 is 6.85. The zero-order valence-electron chi connectivity index (χ0n) is 11.0. The van der Waals surface area contributed by atoms with Crippen molar-refractivity contribution in [2.45, 2.75) is 0 Å². The van der Waals surface area contributed by atoms with Gasteiger partial charge in [-0.15, -0.1) is 0 Å².